The Hall–Kier alpha value is -0.820. The van der Waals surface area contributed by atoms with Crippen LogP contribution in [0.15, 0.2) is 36.5 Å². The monoisotopic (exact) mass is 349 g/mol. The normalized spacial score (nSPS) is 56.9. The second kappa shape index (κ2) is 5.84. The van der Waals surface area contributed by atoms with Gasteiger partial charge in [0.05, 0.1) is 0 Å². The zero-order valence-electron chi connectivity index (χ0n) is 16.1. The summed E-state index contributed by atoms with van der Waals surface area (Å²) in [7, 11) is 0. The first-order valence-corrected chi connectivity index (χ1v) is 11.6. The molecular formula is C25H35N. The highest BCUT2D eigenvalue weighted by atomic mass is 14.8. The molecule has 140 valence electrons. The first kappa shape index (κ1) is 16.2. The Labute approximate surface area is 159 Å². The maximum atomic E-state index is 6.62. The van der Waals surface area contributed by atoms with Gasteiger partial charge in [0, 0.05) is 6.04 Å². The highest BCUT2D eigenvalue weighted by molar-refractivity contribution is 5.27. The Morgan fingerprint density at radius 3 is 1.77 bits per heavy atom. The van der Waals surface area contributed by atoms with E-state index in [1.165, 1.54) is 57.8 Å². The molecular weight excluding hydrogens is 314 g/mol. The first-order valence-electron chi connectivity index (χ1n) is 11.6. The summed E-state index contributed by atoms with van der Waals surface area (Å²) >= 11 is 0. The van der Waals surface area contributed by atoms with Crippen LogP contribution in [0.3, 0.4) is 0 Å². The quantitative estimate of drug-likeness (QED) is 0.575. The predicted molar refractivity (Wildman–Crippen MR) is 107 cm³/mol. The molecule has 3 saturated carbocycles. The van der Waals surface area contributed by atoms with E-state index < -0.39 is 0 Å². The van der Waals surface area contributed by atoms with E-state index in [-0.39, 0.29) is 0 Å². The SMILES string of the molecule is NC1CCC2C3C=CCCC3C3(C4CCC=CC4C4C=CCCC43)C2C1. The molecule has 0 aromatic carbocycles. The molecule has 2 N–H and O–H groups in total. The van der Waals surface area contributed by atoms with Crippen LogP contribution in [0.1, 0.15) is 57.8 Å². The van der Waals surface area contributed by atoms with Crippen LogP contribution in [0.5, 0.6) is 0 Å². The predicted octanol–water partition coefficient (Wildman–Crippen LogP) is 5.49. The number of fused-ring (bicyclic) bond motifs is 10. The van der Waals surface area contributed by atoms with Crippen LogP contribution >= 0.6 is 0 Å². The van der Waals surface area contributed by atoms with E-state index in [4.69, 9.17) is 5.73 Å². The van der Waals surface area contributed by atoms with Crippen LogP contribution < -0.4 is 5.73 Å². The molecule has 0 amide bonds. The number of rotatable bonds is 0. The molecule has 0 aromatic rings. The van der Waals surface area contributed by atoms with E-state index in [0.29, 0.717) is 11.5 Å². The van der Waals surface area contributed by atoms with Crippen LogP contribution in [-0.2, 0) is 0 Å². The zero-order valence-corrected chi connectivity index (χ0v) is 16.1. The highest BCUT2D eigenvalue weighted by Gasteiger charge is 2.70. The van der Waals surface area contributed by atoms with Gasteiger partial charge in [0.1, 0.15) is 0 Å². The topological polar surface area (TPSA) is 26.0 Å². The summed E-state index contributed by atoms with van der Waals surface area (Å²) in [6.45, 7) is 0. The minimum atomic E-state index is 0.466. The standard InChI is InChI=1S/C25H35N/c26-16-13-14-20-19-9-3-6-12-23(19)25(24(20)15-16)21-10-4-1-7-17(21)18-8-2-5-11-22(18)25/h1-3,7-9,16-24H,4-6,10-15,26H2. The van der Waals surface area contributed by atoms with Crippen molar-refractivity contribution in [1.82, 2.24) is 0 Å². The number of hydrogen-bond acceptors (Lipinski definition) is 1. The van der Waals surface area contributed by atoms with Gasteiger partial charge in [-0.1, -0.05) is 36.5 Å². The Bertz CT molecular complexity index is 629. The fourth-order valence-corrected chi connectivity index (χ4v) is 9.46. The minimum Gasteiger partial charge on any atom is -0.328 e. The molecule has 0 saturated heterocycles. The van der Waals surface area contributed by atoms with Crippen LogP contribution in [0.25, 0.3) is 0 Å². The third-order valence-corrected chi connectivity index (χ3v) is 9.85. The highest BCUT2D eigenvalue weighted by Crippen LogP contribution is 2.75. The average molecular weight is 350 g/mol. The van der Waals surface area contributed by atoms with E-state index in [9.17, 15) is 0 Å². The lowest BCUT2D eigenvalue weighted by Crippen LogP contribution is -2.47. The molecule has 9 atom stereocenters. The second-order valence-electron chi connectivity index (χ2n) is 10.4. The largest absolute Gasteiger partial charge is 0.328 e. The molecule has 1 heteroatoms. The molecule has 6 rings (SSSR count). The lowest BCUT2D eigenvalue weighted by atomic mass is 9.53. The van der Waals surface area contributed by atoms with Gasteiger partial charge < -0.3 is 5.73 Å². The lowest BCUT2D eigenvalue weighted by Gasteiger charge is -2.51. The maximum absolute atomic E-state index is 6.62. The molecule has 1 spiro atoms. The number of nitrogens with two attached hydrogens (primary N) is 1. The molecule has 26 heavy (non-hydrogen) atoms. The second-order valence-corrected chi connectivity index (χ2v) is 10.4. The third kappa shape index (κ3) is 1.91. The van der Waals surface area contributed by atoms with E-state index in [1.54, 1.807) is 0 Å². The van der Waals surface area contributed by atoms with E-state index in [2.05, 4.69) is 36.5 Å². The van der Waals surface area contributed by atoms with E-state index in [1.807, 2.05) is 0 Å². The Morgan fingerprint density at radius 1 is 0.615 bits per heavy atom. The van der Waals surface area contributed by atoms with Crippen molar-refractivity contribution in [3.8, 4) is 0 Å². The molecule has 0 aliphatic heterocycles. The third-order valence-electron chi connectivity index (χ3n) is 9.85. The Morgan fingerprint density at radius 2 is 1.15 bits per heavy atom. The summed E-state index contributed by atoms with van der Waals surface area (Å²) in [4.78, 5) is 0. The van der Waals surface area contributed by atoms with Crippen molar-refractivity contribution >= 4 is 0 Å². The molecule has 0 heterocycles. The minimum absolute atomic E-state index is 0.466. The van der Waals surface area contributed by atoms with Crippen LogP contribution in [0.4, 0.5) is 0 Å². The van der Waals surface area contributed by atoms with Crippen molar-refractivity contribution in [2.24, 2.45) is 58.5 Å². The van der Waals surface area contributed by atoms with Gasteiger partial charge in [0.2, 0.25) is 0 Å². The first-order chi connectivity index (χ1) is 12.8. The van der Waals surface area contributed by atoms with Crippen LogP contribution in [0, 0.1) is 52.8 Å². The number of allylic oxidation sites excluding steroid dienone is 6. The van der Waals surface area contributed by atoms with Crippen molar-refractivity contribution in [3.05, 3.63) is 36.5 Å². The van der Waals surface area contributed by atoms with Crippen molar-refractivity contribution in [3.63, 3.8) is 0 Å². The number of hydrogen-bond donors (Lipinski definition) is 1. The molecule has 0 radical (unpaired) electrons. The van der Waals surface area contributed by atoms with Crippen molar-refractivity contribution < 1.29 is 0 Å². The van der Waals surface area contributed by atoms with E-state index in [0.717, 1.165) is 47.3 Å². The zero-order chi connectivity index (χ0) is 17.3. The molecule has 0 aromatic heterocycles. The fourth-order valence-electron chi connectivity index (χ4n) is 9.46. The van der Waals surface area contributed by atoms with Gasteiger partial charge in [-0.3, -0.25) is 0 Å². The van der Waals surface area contributed by atoms with Crippen LogP contribution in [0.2, 0.25) is 0 Å². The van der Waals surface area contributed by atoms with Gasteiger partial charge in [-0.05, 0) is 111 Å². The van der Waals surface area contributed by atoms with Gasteiger partial charge in [-0.2, -0.15) is 0 Å². The summed E-state index contributed by atoms with van der Waals surface area (Å²) in [5.41, 5.74) is 7.22. The molecule has 9 unspecified atom stereocenters. The summed E-state index contributed by atoms with van der Waals surface area (Å²) in [6, 6.07) is 0.466. The van der Waals surface area contributed by atoms with Gasteiger partial charge in [0.15, 0.2) is 0 Å². The van der Waals surface area contributed by atoms with Crippen LogP contribution in [-0.4, -0.2) is 6.04 Å². The Kier molecular flexibility index (Phi) is 3.63. The molecule has 0 bridgehead atoms. The lowest BCUT2D eigenvalue weighted by molar-refractivity contribution is -0.0214. The smallest absolute Gasteiger partial charge is 0.00418 e. The van der Waals surface area contributed by atoms with Crippen molar-refractivity contribution in [2.75, 3.05) is 0 Å². The van der Waals surface area contributed by atoms with Gasteiger partial charge in [0.25, 0.3) is 0 Å². The van der Waals surface area contributed by atoms with Crippen molar-refractivity contribution in [2.45, 2.75) is 63.8 Å². The summed E-state index contributed by atoms with van der Waals surface area (Å²) in [6.07, 6.45) is 27.9. The summed E-state index contributed by atoms with van der Waals surface area (Å²) in [5, 5.41) is 0. The summed E-state index contributed by atoms with van der Waals surface area (Å²) in [5.74, 6) is 7.19. The maximum Gasteiger partial charge on any atom is 0.00418 e. The molecule has 1 nitrogen and oxygen atoms in total. The molecule has 6 aliphatic carbocycles. The van der Waals surface area contributed by atoms with Crippen molar-refractivity contribution in [1.29, 1.82) is 0 Å². The van der Waals surface area contributed by atoms with Gasteiger partial charge >= 0.3 is 0 Å². The fraction of sp³-hybridized carbons (Fsp3) is 0.760. The average Bonchev–Trinajstić information content (AvgIpc) is 3.15. The molecule has 3 fully saturated rings. The molecule has 6 aliphatic rings. The van der Waals surface area contributed by atoms with E-state index >= 15 is 0 Å². The van der Waals surface area contributed by atoms with Gasteiger partial charge in [-0.25, -0.2) is 0 Å². The Balaban J connectivity index is 1.54. The summed E-state index contributed by atoms with van der Waals surface area (Å²) < 4.78 is 0. The van der Waals surface area contributed by atoms with Gasteiger partial charge in [-0.15, -0.1) is 0 Å².